The Bertz CT molecular complexity index is 415. The molecule has 0 amide bonds. The molecule has 0 unspecified atom stereocenters. The predicted molar refractivity (Wildman–Crippen MR) is 83.2 cm³/mol. The van der Waals surface area contributed by atoms with Crippen LogP contribution in [0.1, 0.15) is 65.2 Å². The van der Waals surface area contributed by atoms with Crippen molar-refractivity contribution < 1.29 is 8.42 Å². The van der Waals surface area contributed by atoms with Crippen LogP contribution >= 0.6 is 0 Å². The standard InChI is InChI=1S/C15H30N2O2S/c1-14(2,17-20(3,18)19)12-16-13-6-10-15(11-7-13)8-4-5-9-15/h13,16-17H,4-12H2,1-3H3. The van der Waals surface area contributed by atoms with Gasteiger partial charge < -0.3 is 5.32 Å². The van der Waals surface area contributed by atoms with Crippen LogP contribution in [0.4, 0.5) is 0 Å². The summed E-state index contributed by atoms with van der Waals surface area (Å²) in [7, 11) is -3.14. The monoisotopic (exact) mass is 302 g/mol. The molecule has 2 N–H and O–H groups in total. The van der Waals surface area contributed by atoms with Gasteiger partial charge in [-0.3, -0.25) is 0 Å². The summed E-state index contributed by atoms with van der Waals surface area (Å²) < 4.78 is 25.4. The van der Waals surface area contributed by atoms with E-state index in [-0.39, 0.29) is 0 Å². The van der Waals surface area contributed by atoms with Crippen molar-refractivity contribution in [1.29, 1.82) is 0 Å². The van der Waals surface area contributed by atoms with Crippen LogP contribution in [-0.2, 0) is 10.0 Å². The van der Waals surface area contributed by atoms with Crippen LogP contribution in [0.5, 0.6) is 0 Å². The number of rotatable bonds is 5. The van der Waals surface area contributed by atoms with Crippen LogP contribution in [0, 0.1) is 5.41 Å². The summed E-state index contributed by atoms with van der Waals surface area (Å²) in [5, 5.41) is 3.56. The minimum absolute atomic E-state index is 0.421. The average Bonchev–Trinajstić information content (AvgIpc) is 2.74. The Hall–Kier alpha value is -0.130. The zero-order valence-corrected chi connectivity index (χ0v) is 14.0. The van der Waals surface area contributed by atoms with Crippen LogP contribution in [0.25, 0.3) is 0 Å². The van der Waals surface area contributed by atoms with Gasteiger partial charge in [-0.25, -0.2) is 13.1 Å². The molecule has 2 rings (SSSR count). The van der Waals surface area contributed by atoms with Crippen molar-refractivity contribution >= 4 is 10.0 Å². The lowest BCUT2D eigenvalue weighted by molar-refractivity contribution is 0.165. The molecule has 0 atom stereocenters. The number of sulfonamides is 1. The Kier molecular flexibility index (Phi) is 4.82. The summed E-state index contributed by atoms with van der Waals surface area (Å²) in [5.74, 6) is 0. The molecule has 118 valence electrons. The van der Waals surface area contributed by atoms with E-state index in [1.165, 1.54) is 57.6 Å². The highest BCUT2D eigenvalue weighted by Gasteiger charge is 2.37. The summed E-state index contributed by atoms with van der Waals surface area (Å²) in [6.45, 7) is 4.56. The van der Waals surface area contributed by atoms with Gasteiger partial charge in [0.05, 0.1) is 6.26 Å². The highest BCUT2D eigenvalue weighted by Crippen LogP contribution is 2.48. The van der Waals surface area contributed by atoms with Gasteiger partial charge in [-0.15, -0.1) is 0 Å². The first-order chi connectivity index (χ1) is 9.20. The van der Waals surface area contributed by atoms with E-state index >= 15 is 0 Å². The molecule has 0 saturated heterocycles. The second-order valence-corrected chi connectivity index (χ2v) is 9.37. The molecule has 4 nitrogen and oxygen atoms in total. The normalized spacial score (nSPS) is 24.4. The summed E-state index contributed by atoms with van der Waals surface area (Å²) in [6, 6.07) is 0.557. The lowest BCUT2D eigenvalue weighted by atomic mass is 9.71. The molecule has 5 heteroatoms. The minimum Gasteiger partial charge on any atom is -0.312 e. The molecular formula is C15H30N2O2S. The van der Waals surface area contributed by atoms with E-state index < -0.39 is 15.6 Å². The van der Waals surface area contributed by atoms with Crippen molar-refractivity contribution in [2.45, 2.75) is 76.8 Å². The molecule has 2 aliphatic carbocycles. The smallest absolute Gasteiger partial charge is 0.209 e. The Morgan fingerprint density at radius 3 is 2.15 bits per heavy atom. The third-order valence-electron chi connectivity index (χ3n) is 5.00. The van der Waals surface area contributed by atoms with Gasteiger partial charge in [0.1, 0.15) is 0 Å². The Morgan fingerprint density at radius 1 is 1.10 bits per heavy atom. The fourth-order valence-electron chi connectivity index (χ4n) is 4.00. The summed E-state index contributed by atoms with van der Waals surface area (Å²) in [5.41, 5.74) is 0.245. The molecule has 2 aliphatic rings. The van der Waals surface area contributed by atoms with Crippen LogP contribution in [-0.4, -0.2) is 32.8 Å². The molecule has 0 aromatic rings. The molecule has 0 aliphatic heterocycles. The van der Waals surface area contributed by atoms with Crippen LogP contribution in [0.3, 0.4) is 0 Å². The lowest BCUT2D eigenvalue weighted by Gasteiger charge is -2.38. The summed E-state index contributed by atoms with van der Waals surface area (Å²) in [6.07, 6.45) is 12.1. The maximum absolute atomic E-state index is 11.3. The summed E-state index contributed by atoms with van der Waals surface area (Å²) in [4.78, 5) is 0. The van der Waals surface area contributed by atoms with E-state index in [2.05, 4.69) is 10.0 Å². The van der Waals surface area contributed by atoms with E-state index in [1.54, 1.807) is 0 Å². The van der Waals surface area contributed by atoms with Gasteiger partial charge in [0.2, 0.25) is 10.0 Å². The predicted octanol–water partition coefficient (Wildman–Crippen LogP) is 2.41. The second kappa shape index (κ2) is 5.93. The molecule has 0 heterocycles. The fourth-order valence-corrected chi connectivity index (χ4v) is 5.07. The third kappa shape index (κ3) is 4.71. The number of nitrogens with one attached hydrogen (secondary N) is 2. The van der Waals surface area contributed by atoms with Gasteiger partial charge >= 0.3 is 0 Å². The zero-order chi connectivity index (χ0) is 14.9. The SMILES string of the molecule is CC(C)(CNC1CCC2(CCCC2)CC1)NS(C)(=O)=O. The Balaban J connectivity index is 1.75. The van der Waals surface area contributed by atoms with Gasteiger partial charge in [0.25, 0.3) is 0 Å². The third-order valence-corrected chi connectivity index (χ3v) is 5.93. The van der Waals surface area contributed by atoms with Gasteiger partial charge in [-0.05, 0) is 57.8 Å². The maximum atomic E-state index is 11.3. The van der Waals surface area contributed by atoms with Gasteiger partial charge in [-0.2, -0.15) is 0 Å². The Morgan fingerprint density at radius 2 is 1.65 bits per heavy atom. The molecule has 0 aromatic carbocycles. The van der Waals surface area contributed by atoms with Crippen LogP contribution in [0.2, 0.25) is 0 Å². The van der Waals surface area contributed by atoms with Crippen molar-refractivity contribution in [3.05, 3.63) is 0 Å². The average molecular weight is 302 g/mol. The molecule has 2 saturated carbocycles. The quantitative estimate of drug-likeness (QED) is 0.820. The molecule has 1 spiro atoms. The van der Waals surface area contributed by atoms with Gasteiger partial charge in [0, 0.05) is 18.1 Å². The molecule has 20 heavy (non-hydrogen) atoms. The highest BCUT2D eigenvalue weighted by molar-refractivity contribution is 7.88. The second-order valence-electron chi connectivity index (χ2n) is 7.62. The van der Waals surface area contributed by atoms with Crippen molar-refractivity contribution in [2.24, 2.45) is 5.41 Å². The molecule has 0 bridgehead atoms. The van der Waals surface area contributed by atoms with Crippen molar-refractivity contribution in [1.82, 2.24) is 10.0 Å². The van der Waals surface area contributed by atoms with Gasteiger partial charge in [-0.1, -0.05) is 12.8 Å². The van der Waals surface area contributed by atoms with E-state index in [0.717, 1.165) is 0 Å². The first kappa shape index (κ1) is 16.2. The first-order valence-electron chi connectivity index (χ1n) is 7.92. The summed E-state index contributed by atoms with van der Waals surface area (Å²) >= 11 is 0. The largest absolute Gasteiger partial charge is 0.312 e. The molecule has 0 aromatic heterocycles. The van der Waals surface area contributed by atoms with Gasteiger partial charge in [0.15, 0.2) is 0 Å². The van der Waals surface area contributed by atoms with Crippen LogP contribution in [0.15, 0.2) is 0 Å². The minimum atomic E-state index is -3.14. The zero-order valence-electron chi connectivity index (χ0n) is 13.2. The number of hydrogen-bond acceptors (Lipinski definition) is 3. The van der Waals surface area contributed by atoms with Crippen molar-refractivity contribution in [3.8, 4) is 0 Å². The number of hydrogen-bond donors (Lipinski definition) is 2. The lowest BCUT2D eigenvalue weighted by Crippen LogP contribution is -2.52. The maximum Gasteiger partial charge on any atom is 0.209 e. The highest BCUT2D eigenvalue weighted by atomic mass is 32.2. The molecular weight excluding hydrogens is 272 g/mol. The van der Waals surface area contributed by atoms with E-state index in [4.69, 9.17) is 0 Å². The fraction of sp³-hybridized carbons (Fsp3) is 1.00. The molecule has 0 radical (unpaired) electrons. The van der Waals surface area contributed by atoms with E-state index in [1.807, 2.05) is 13.8 Å². The Labute approximate surface area is 124 Å². The van der Waals surface area contributed by atoms with Crippen LogP contribution < -0.4 is 10.0 Å². The van der Waals surface area contributed by atoms with E-state index in [0.29, 0.717) is 18.0 Å². The van der Waals surface area contributed by atoms with Crippen molar-refractivity contribution in [2.75, 3.05) is 12.8 Å². The first-order valence-corrected chi connectivity index (χ1v) is 9.81. The molecule has 2 fully saturated rings. The van der Waals surface area contributed by atoms with E-state index in [9.17, 15) is 8.42 Å². The van der Waals surface area contributed by atoms with Crippen molar-refractivity contribution in [3.63, 3.8) is 0 Å². The topological polar surface area (TPSA) is 58.2 Å².